The molecule has 0 aromatic heterocycles. The third-order valence-corrected chi connectivity index (χ3v) is 16.4. The van der Waals surface area contributed by atoms with Gasteiger partial charge < -0.3 is 38.3 Å². The van der Waals surface area contributed by atoms with Crippen LogP contribution in [0.4, 0.5) is 0 Å². The van der Waals surface area contributed by atoms with E-state index in [2.05, 4.69) is 46.5 Å². The molecule has 502 valence electrons. The van der Waals surface area contributed by atoms with Crippen LogP contribution in [-0.2, 0) is 19.2 Å². The molecule has 0 bridgehead atoms. The summed E-state index contributed by atoms with van der Waals surface area (Å²) in [5.41, 5.74) is 25.7. The minimum atomic E-state index is -0.170. The molecule has 0 rings (SSSR count). The van der Waals surface area contributed by atoms with Crippen LogP contribution in [0.3, 0.4) is 0 Å². The number of nitrogens with one attached hydrogen (secondary N) is 1. The van der Waals surface area contributed by atoms with Crippen LogP contribution >= 0.6 is 0 Å². The normalized spacial score (nSPS) is 11.7. The van der Waals surface area contributed by atoms with Gasteiger partial charge in [-0.15, -0.1) is 0 Å². The van der Waals surface area contributed by atoms with E-state index in [4.69, 9.17) is 34.1 Å². The highest BCUT2D eigenvalue weighted by molar-refractivity contribution is 5.77. The molecule has 0 radical (unpaired) electrons. The van der Waals surface area contributed by atoms with E-state index in [1.807, 2.05) is 6.92 Å². The summed E-state index contributed by atoms with van der Waals surface area (Å²) in [6.45, 7) is 19.7. The Morgan fingerprint density at radius 3 is 0.833 bits per heavy atom. The Kier molecular flexibility index (Phi) is 83.4. The second-order valence-corrected chi connectivity index (χ2v) is 25.1. The van der Waals surface area contributed by atoms with Crippen molar-refractivity contribution in [1.29, 1.82) is 5.41 Å². The number of ketones is 2. The van der Waals surface area contributed by atoms with Crippen LogP contribution in [0.15, 0.2) is 4.99 Å². The number of primary amides is 2. The SMILES string of the molecule is CCCCCCC(CC)C(N)=O.CCCCCCCC(=N)N.CCCCCCCC(N)=O.CCCCCCCCCC(CCCCCCCC(C)=O)C(CCCCCCCCC)CCCCCCCC(C)=O.CCCCCCCCN=C(N)N. The molecular formula is C73H151N7O4. The molecule has 0 fully saturated rings. The van der Waals surface area contributed by atoms with Crippen molar-refractivity contribution in [2.24, 2.45) is 51.4 Å². The van der Waals surface area contributed by atoms with E-state index < -0.39 is 0 Å². The quantitative estimate of drug-likeness (QED) is 0.0196. The van der Waals surface area contributed by atoms with Gasteiger partial charge in [0, 0.05) is 38.1 Å². The maximum absolute atomic E-state index is 11.2. The minimum absolute atomic E-state index is 0.113. The number of hydrogen-bond donors (Lipinski definition) is 6. The van der Waals surface area contributed by atoms with Crippen LogP contribution in [-0.4, -0.2) is 41.7 Å². The Balaban J connectivity index is -0.000000378. The molecule has 11 heteroatoms. The van der Waals surface area contributed by atoms with Gasteiger partial charge in [-0.3, -0.25) is 20.0 Å². The van der Waals surface area contributed by atoms with E-state index in [0.29, 0.717) is 23.8 Å². The molecule has 0 saturated heterocycles. The molecule has 11 N–H and O–H groups in total. The Bertz CT molecular complexity index is 1320. The van der Waals surface area contributed by atoms with Crippen molar-refractivity contribution in [3.63, 3.8) is 0 Å². The minimum Gasteiger partial charge on any atom is -0.388 e. The first-order valence-electron chi connectivity index (χ1n) is 36.5. The number of hydrogen-bond acceptors (Lipinski definition) is 6. The van der Waals surface area contributed by atoms with Gasteiger partial charge >= 0.3 is 0 Å². The second kappa shape index (κ2) is 78.0. The summed E-state index contributed by atoms with van der Waals surface area (Å²) in [5.74, 6) is 2.90. The van der Waals surface area contributed by atoms with Gasteiger partial charge in [-0.25, -0.2) is 0 Å². The molecule has 0 saturated carbocycles. The predicted molar refractivity (Wildman–Crippen MR) is 372 cm³/mol. The summed E-state index contributed by atoms with van der Waals surface area (Å²) < 4.78 is 0. The lowest BCUT2D eigenvalue weighted by Crippen LogP contribution is -2.22. The smallest absolute Gasteiger partial charge is 0.220 e. The van der Waals surface area contributed by atoms with Gasteiger partial charge in [0.1, 0.15) is 11.6 Å². The molecule has 0 aliphatic heterocycles. The highest BCUT2D eigenvalue weighted by atomic mass is 16.1. The zero-order chi connectivity index (χ0) is 63.8. The molecule has 0 aliphatic rings. The summed E-state index contributed by atoms with van der Waals surface area (Å²) in [7, 11) is 0. The lowest BCUT2D eigenvalue weighted by molar-refractivity contribution is -0.122. The Hall–Kier alpha value is -2.98. The molecule has 3 atom stereocenters. The number of nitrogens with two attached hydrogens (primary N) is 5. The van der Waals surface area contributed by atoms with E-state index in [1.54, 1.807) is 13.8 Å². The lowest BCUT2D eigenvalue weighted by Gasteiger charge is -2.28. The van der Waals surface area contributed by atoms with E-state index in [1.165, 1.54) is 263 Å². The molecule has 2 amide bonds. The van der Waals surface area contributed by atoms with E-state index in [9.17, 15) is 19.2 Å². The number of carbonyl (C=O) groups is 4. The number of amides is 2. The zero-order valence-electron chi connectivity index (χ0n) is 58.1. The fourth-order valence-corrected chi connectivity index (χ4v) is 10.9. The number of unbranched alkanes of at least 4 members (excludes halogenated alkanes) is 36. The third kappa shape index (κ3) is 87.8. The van der Waals surface area contributed by atoms with Crippen LogP contribution in [0.5, 0.6) is 0 Å². The summed E-state index contributed by atoms with van der Waals surface area (Å²) >= 11 is 0. The number of Topliss-reactive ketones (excluding diaryl/α,β-unsaturated/α-hetero) is 2. The molecule has 11 nitrogen and oxygen atoms in total. The largest absolute Gasteiger partial charge is 0.388 e. The summed E-state index contributed by atoms with van der Waals surface area (Å²) in [6, 6.07) is 0. The van der Waals surface area contributed by atoms with Gasteiger partial charge in [0.15, 0.2) is 5.96 Å². The highest BCUT2D eigenvalue weighted by Gasteiger charge is 2.21. The first-order valence-corrected chi connectivity index (χ1v) is 36.5. The van der Waals surface area contributed by atoms with Crippen LogP contribution in [0.2, 0.25) is 0 Å². The van der Waals surface area contributed by atoms with Crippen LogP contribution in [0.1, 0.15) is 409 Å². The second-order valence-electron chi connectivity index (χ2n) is 25.1. The molecule has 0 heterocycles. The standard InChI is InChI=1S/C38H74O2.C10H21NO.C9H21N3.C8H18N2.C8H17NO/c1-5-7-9-11-13-19-25-31-37(33-27-21-15-17-23-29-35(3)39)38(32-26-20-14-12-10-8-6-2)34-28-22-16-18-24-30-36(4)40;1-3-5-6-7-8-9(4-2)10(11)12;1-2-3-4-5-6-7-8-12-9(10)11;2*1-2-3-4-5-6-7-8(9)10/h37-38H,5-34H2,1-4H3;9H,3-8H2,1-2H3,(H2,11,12);2-8H2,1H3,(H4,10,11,12);2-7H2,1H3,(H3,9,10);2-7H2,1H3,(H2,9,10). The molecule has 84 heavy (non-hydrogen) atoms. The Morgan fingerprint density at radius 2 is 0.571 bits per heavy atom. The Morgan fingerprint density at radius 1 is 0.321 bits per heavy atom. The van der Waals surface area contributed by atoms with Gasteiger partial charge in [0.25, 0.3) is 0 Å². The zero-order valence-corrected chi connectivity index (χ0v) is 58.1. The van der Waals surface area contributed by atoms with E-state index in [0.717, 1.165) is 95.4 Å². The number of rotatable bonds is 59. The monoisotopic (exact) mass is 1190 g/mol. The van der Waals surface area contributed by atoms with Crippen LogP contribution in [0, 0.1) is 23.2 Å². The van der Waals surface area contributed by atoms with Crippen molar-refractivity contribution in [2.45, 2.75) is 409 Å². The van der Waals surface area contributed by atoms with E-state index >= 15 is 0 Å². The fraction of sp³-hybridized carbons (Fsp3) is 0.918. The third-order valence-electron chi connectivity index (χ3n) is 16.4. The van der Waals surface area contributed by atoms with Crippen LogP contribution < -0.4 is 28.7 Å². The summed E-state index contributed by atoms with van der Waals surface area (Å²) in [4.78, 5) is 47.5. The topological polar surface area (TPSA) is 235 Å². The molecular weight excluding hydrogens is 1040 g/mol. The first-order chi connectivity index (χ1) is 40.5. The average molecular weight is 1190 g/mol. The predicted octanol–water partition coefficient (Wildman–Crippen LogP) is 21.3. The average Bonchev–Trinajstić information content (AvgIpc) is 3.49. The van der Waals surface area contributed by atoms with Crippen LogP contribution in [0.25, 0.3) is 0 Å². The molecule has 3 unspecified atom stereocenters. The van der Waals surface area contributed by atoms with Gasteiger partial charge in [0.2, 0.25) is 11.8 Å². The first kappa shape index (κ1) is 89.8. The highest BCUT2D eigenvalue weighted by Crippen LogP contribution is 2.34. The maximum atomic E-state index is 11.2. The van der Waals surface area contributed by atoms with Gasteiger partial charge in [-0.2, -0.15) is 0 Å². The van der Waals surface area contributed by atoms with Crippen molar-refractivity contribution in [3.8, 4) is 0 Å². The molecule has 0 aromatic rings. The van der Waals surface area contributed by atoms with Crippen molar-refractivity contribution < 1.29 is 19.2 Å². The number of amidine groups is 1. The van der Waals surface area contributed by atoms with Gasteiger partial charge in [-0.05, 0) is 70.6 Å². The summed E-state index contributed by atoms with van der Waals surface area (Å²) in [5, 5.41) is 6.95. The molecule has 0 spiro atoms. The number of nitrogens with zero attached hydrogens (tertiary/aromatic N) is 1. The Labute approximate surface area is 524 Å². The van der Waals surface area contributed by atoms with Crippen molar-refractivity contribution in [2.75, 3.05) is 6.54 Å². The van der Waals surface area contributed by atoms with Gasteiger partial charge in [0.05, 0.1) is 5.84 Å². The number of carbonyl (C=O) groups excluding carboxylic acids is 4. The summed E-state index contributed by atoms with van der Waals surface area (Å²) in [6.07, 6.45) is 67.8. The van der Waals surface area contributed by atoms with E-state index in [-0.39, 0.29) is 23.7 Å². The van der Waals surface area contributed by atoms with Crippen molar-refractivity contribution >= 4 is 35.2 Å². The van der Waals surface area contributed by atoms with Crippen molar-refractivity contribution in [1.82, 2.24) is 0 Å². The van der Waals surface area contributed by atoms with Crippen molar-refractivity contribution in [3.05, 3.63) is 0 Å². The van der Waals surface area contributed by atoms with Gasteiger partial charge in [-0.1, -0.05) is 325 Å². The maximum Gasteiger partial charge on any atom is 0.220 e. The fourth-order valence-electron chi connectivity index (χ4n) is 10.9. The number of aliphatic imine (C=N–C) groups is 1. The molecule has 0 aromatic carbocycles. The molecule has 0 aliphatic carbocycles. The number of guanidine groups is 1. The lowest BCUT2D eigenvalue weighted by atomic mass is 9.78.